The van der Waals surface area contributed by atoms with Crippen molar-refractivity contribution in [1.29, 1.82) is 0 Å². The van der Waals surface area contributed by atoms with E-state index in [9.17, 15) is 31.1 Å². The lowest BCUT2D eigenvalue weighted by Crippen LogP contribution is -2.57. The van der Waals surface area contributed by atoms with Gasteiger partial charge in [0.2, 0.25) is 6.04 Å². The molecule has 0 saturated carbocycles. The summed E-state index contributed by atoms with van der Waals surface area (Å²) in [7, 11) is 0. The van der Waals surface area contributed by atoms with Gasteiger partial charge < -0.3 is 10.6 Å². The molecule has 0 aliphatic rings. The Hall–Kier alpha value is -1.15. The lowest BCUT2D eigenvalue weighted by Gasteiger charge is -2.24. The van der Waals surface area contributed by atoms with Crippen LogP contribution in [0.3, 0.4) is 0 Å². The summed E-state index contributed by atoms with van der Waals surface area (Å²) in [5.41, 5.74) is 0. The van der Waals surface area contributed by atoms with Crippen molar-refractivity contribution in [2.75, 3.05) is 0 Å². The molecule has 0 bridgehead atoms. The fraction of sp³-hybridized carbons (Fsp3) is 0.875. The second-order valence-corrected chi connectivity index (χ2v) is 3.44. The highest BCUT2D eigenvalue weighted by molar-refractivity contribution is 5.74. The second kappa shape index (κ2) is 5.46. The SMILES string of the molecule is CC[C@@H](C)NC(=O)NC(C(F)(F)F)C(F)(F)F. The molecule has 0 aliphatic carbocycles. The number of halogens is 6. The van der Waals surface area contributed by atoms with Gasteiger partial charge in [0, 0.05) is 6.04 Å². The maximum atomic E-state index is 12.0. The van der Waals surface area contributed by atoms with E-state index in [2.05, 4.69) is 0 Å². The molecule has 102 valence electrons. The Labute approximate surface area is 93.5 Å². The zero-order valence-corrected chi connectivity index (χ0v) is 9.04. The van der Waals surface area contributed by atoms with Crippen molar-refractivity contribution in [3.05, 3.63) is 0 Å². The van der Waals surface area contributed by atoms with E-state index in [1.54, 1.807) is 6.92 Å². The molecule has 0 spiro atoms. The molecule has 1 atom stereocenters. The number of alkyl halides is 6. The fourth-order valence-corrected chi connectivity index (χ4v) is 0.848. The Balaban J connectivity index is 4.63. The third-order valence-electron chi connectivity index (χ3n) is 1.92. The van der Waals surface area contributed by atoms with Crippen molar-refractivity contribution in [3.63, 3.8) is 0 Å². The maximum Gasteiger partial charge on any atom is 0.417 e. The van der Waals surface area contributed by atoms with E-state index in [0.29, 0.717) is 6.42 Å². The summed E-state index contributed by atoms with van der Waals surface area (Å²) in [6.07, 6.45) is -10.8. The molecule has 0 rings (SSSR count). The van der Waals surface area contributed by atoms with E-state index in [1.165, 1.54) is 6.92 Å². The summed E-state index contributed by atoms with van der Waals surface area (Å²) < 4.78 is 72.2. The van der Waals surface area contributed by atoms with Crippen LogP contribution in [0.5, 0.6) is 0 Å². The summed E-state index contributed by atoms with van der Waals surface area (Å²) in [6.45, 7) is 3.08. The van der Waals surface area contributed by atoms with Crippen LogP contribution in [0.15, 0.2) is 0 Å². The molecule has 2 amide bonds. The summed E-state index contributed by atoms with van der Waals surface area (Å²) in [5, 5.41) is 2.82. The van der Waals surface area contributed by atoms with Gasteiger partial charge in [-0.25, -0.2) is 4.79 Å². The second-order valence-electron chi connectivity index (χ2n) is 3.44. The number of hydrogen-bond acceptors (Lipinski definition) is 1. The Morgan fingerprint density at radius 3 is 1.76 bits per heavy atom. The van der Waals surface area contributed by atoms with Crippen molar-refractivity contribution in [1.82, 2.24) is 10.6 Å². The molecule has 0 aromatic rings. The van der Waals surface area contributed by atoms with Gasteiger partial charge in [0.25, 0.3) is 0 Å². The number of nitrogens with one attached hydrogen (secondary N) is 2. The van der Waals surface area contributed by atoms with Crippen molar-refractivity contribution in [2.45, 2.75) is 44.7 Å². The Bertz CT molecular complexity index is 248. The van der Waals surface area contributed by atoms with Gasteiger partial charge in [-0.3, -0.25) is 0 Å². The quantitative estimate of drug-likeness (QED) is 0.757. The first-order valence-corrected chi connectivity index (χ1v) is 4.69. The number of amides is 2. The van der Waals surface area contributed by atoms with E-state index in [-0.39, 0.29) is 0 Å². The summed E-state index contributed by atoms with van der Waals surface area (Å²) in [6, 6.07) is -5.88. The lowest BCUT2D eigenvalue weighted by molar-refractivity contribution is -0.255. The normalized spacial score (nSPS) is 14.6. The van der Waals surface area contributed by atoms with Crippen LogP contribution in [-0.4, -0.2) is 30.5 Å². The van der Waals surface area contributed by atoms with Gasteiger partial charge in [-0.15, -0.1) is 0 Å². The first kappa shape index (κ1) is 15.9. The number of urea groups is 1. The van der Waals surface area contributed by atoms with Crippen LogP contribution in [0.2, 0.25) is 0 Å². The third kappa shape index (κ3) is 5.64. The van der Waals surface area contributed by atoms with Crippen LogP contribution in [0.25, 0.3) is 0 Å². The van der Waals surface area contributed by atoms with Gasteiger partial charge in [-0.1, -0.05) is 6.92 Å². The van der Waals surface area contributed by atoms with Gasteiger partial charge in [-0.2, -0.15) is 26.3 Å². The van der Waals surface area contributed by atoms with Crippen LogP contribution in [0, 0.1) is 0 Å². The van der Waals surface area contributed by atoms with E-state index < -0.39 is 30.5 Å². The summed E-state index contributed by atoms with van der Waals surface area (Å²) >= 11 is 0. The topological polar surface area (TPSA) is 41.1 Å². The maximum absolute atomic E-state index is 12.0. The Morgan fingerprint density at radius 2 is 1.47 bits per heavy atom. The molecule has 0 radical (unpaired) electrons. The lowest BCUT2D eigenvalue weighted by atomic mass is 10.2. The van der Waals surface area contributed by atoms with Crippen LogP contribution in [0.1, 0.15) is 20.3 Å². The number of hydrogen-bond donors (Lipinski definition) is 2. The third-order valence-corrected chi connectivity index (χ3v) is 1.92. The largest absolute Gasteiger partial charge is 0.417 e. The Morgan fingerprint density at radius 1 is 1.06 bits per heavy atom. The number of carbonyl (C=O) groups is 1. The van der Waals surface area contributed by atoms with Gasteiger partial charge in [-0.05, 0) is 13.3 Å². The van der Waals surface area contributed by atoms with E-state index in [1.807, 2.05) is 5.32 Å². The fourth-order valence-electron chi connectivity index (χ4n) is 0.848. The molecule has 0 aromatic heterocycles. The van der Waals surface area contributed by atoms with Gasteiger partial charge >= 0.3 is 18.4 Å². The van der Waals surface area contributed by atoms with Gasteiger partial charge in [0.05, 0.1) is 0 Å². The minimum atomic E-state index is -5.58. The van der Waals surface area contributed by atoms with Crippen LogP contribution < -0.4 is 10.6 Å². The molecule has 0 fully saturated rings. The van der Waals surface area contributed by atoms with Crippen molar-refractivity contribution in [2.24, 2.45) is 0 Å². The zero-order chi connectivity index (χ0) is 13.9. The van der Waals surface area contributed by atoms with Gasteiger partial charge in [0.1, 0.15) is 0 Å². The smallest absolute Gasteiger partial charge is 0.336 e. The van der Waals surface area contributed by atoms with E-state index in [4.69, 9.17) is 0 Å². The molecule has 0 aliphatic heterocycles. The monoisotopic (exact) mass is 266 g/mol. The molecular formula is C8H12F6N2O. The Kier molecular flexibility index (Phi) is 5.09. The molecule has 2 N–H and O–H groups in total. The summed E-state index contributed by atoms with van der Waals surface area (Å²) in [5.74, 6) is 0. The minimum Gasteiger partial charge on any atom is -0.336 e. The van der Waals surface area contributed by atoms with E-state index >= 15 is 0 Å². The molecule has 0 unspecified atom stereocenters. The minimum absolute atomic E-state index is 0.385. The molecule has 0 aromatic carbocycles. The molecule has 0 saturated heterocycles. The summed E-state index contributed by atoms with van der Waals surface area (Å²) in [4.78, 5) is 10.9. The number of rotatable bonds is 3. The zero-order valence-electron chi connectivity index (χ0n) is 9.04. The highest BCUT2D eigenvalue weighted by Crippen LogP contribution is 2.32. The highest BCUT2D eigenvalue weighted by atomic mass is 19.4. The standard InChI is InChI=1S/C8H12F6N2O/c1-3-4(2)15-6(17)16-5(7(9,10)11)8(12,13)14/h4-5H,3H2,1-2H3,(H2,15,16,17)/t4-/m1/s1. The van der Waals surface area contributed by atoms with Crippen molar-refractivity contribution in [3.8, 4) is 0 Å². The predicted molar refractivity (Wildman–Crippen MR) is 47.3 cm³/mol. The van der Waals surface area contributed by atoms with Crippen molar-refractivity contribution < 1.29 is 31.1 Å². The molecule has 3 nitrogen and oxygen atoms in total. The van der Waals surface area contributed by atoms with E-state index in [0.717, 1.165) is 5.32 Å². The first-order chi connectivity index (χ1) is 7.48. The predicted octanol–water partition coefficient (Wildman–Crippen LogP) is 2.58. The molecular weight excluding hydrogens is 254 g/mol. The molecule has 17 heavy (non-hydrogen) atoms. The highest BCUT2D eigenvalue weighted by Gasteiger charge is 2.57. The van der Waals surface area contributed by atoms with Crippen LogP contribution in [-0.2, 0) is 0 Å². The van der Waals surface area contributed by atoms with Crippen LogP contribution in [0.4, 0.5) is 31.1 Å². The molecule has 0 heterocycles. The first-order valence-electron chi connectivity index (χ1n) is 4.69. The molecule has 9 heteroatoms. The average Bonchev–Trinajstić information content (AvgIpc) is 2.10. The average molecular weight is 266 g/mol. The number of carbonyl (C=O) groups excluding carboxylic acids is 1. The van der Waals surface area contributed by atoms with Gasteiger partial charge in [0.15, 0.2) is 0 Å². The van der Waals surface area contributed by atoms with Crippen LogP contribution >= 0.6 is 0 Å². The van der Waals surface area contributed by atoms with Crippen molar-refractivity contribution >= 4 is 6.03 Å².